The van der Waals surface area contributed by atoms with Crippen molar-refractivity contribution in [2.75, 3.05) is 7.05 Å². The molecule has 0 saturated heterocycles. The van der Waals surface area contributed by atoms with Crippen molar-refractivity contribution in [3.8, 4) is 10.4 Å². The normalized spacial score (nSPS) is 13.0. The van der Waals surface area contributed by atoms with Crippen LogP contribution in [0, 0.1) is 0 Å². The molecule has 4 rings (SSSR count). The topological polar surface area (TPSA) is 109 Å². The maximum Gasteiger partial charge on any atom is 0.259 e. The molecule has 160 valence electrons. The average Bonchev–Trinajstić information content (AvgIpc) is 3.18. The molecule has 2 aromatic heterocycles. The number of nitrogens with zero attached hydrogens (tertiary/aromatic N) is 2. The summed E-state index contributed by atoms with van der Waals surface area (Å²) in [6.45, 7) is 2.43. The molecule has 1 unspecified atom stereocenters. The first-order valence-corrected chi connectivity index (χ1v) is 12.0. The molecule has 9 heteroatoms. The Morgan fingerprint density at radius 1 is 1.13 bits per heavy atom. The molecule has 0 aliphatic heterocycles. The zero-order valence-electron chi connectivity index (χ0n) is 17.1. The van der Waals surface area contributed by atoms with Gasteiger partial charge in [-0.15, -0.1) is 11.3 Å². The molecule has 0 aliphatic rings. The van der Waals surface area contributed by atoms with Gasteiger partial charge in [0.1, 0.15) is 10.7 Å². The van der Waals surface area contributed by atoms with Crippen LogP contribution in [0.3, 0.4) is 0 Å². The van der Waals surface area contributed by atoms with Crippen molar-refractivity contribution >= 4 is 31.6 Å². The second-order valence-electron chi connectivity index (χ2n) is 7.41. The molecule has 0 aliphatic carbocycles. The fourth-order valence-electron chi connectivity index (χ4n) is 3.36. The van der Waals surface area contributed by atoms with E-state index in [1.165, 1.54) is 23.5 Å². The van der Waals surface area contributed by atoms with E-state index in [0.717, 1.165) is 16.0 Å². The Labute approximate surface area is 184 Å². The van der Waals surface area contributed by atoms with E-state index in [4.69, 9.17) is 5.14 Å². The standard InChI is InChI=1S/C22H22N4O3S2/c1-14(15-8-10-17(11-9-15)31(23,28)29)26(2)13-20-24-21(27)18-12-19(30-22(18)25-20)16-6-4-3-5-7-16/h3-12,14H,13H2,1-2H3,(H2,23,28,29)(H,24,25,27). The first-order chi connectivity index (χ1) is 14.7. The highest BCUT2D eigenvalue weighted by Gasteiger charge is 2.16. The first kappa shape index (κ1) is 21.4. The molecule has 2 heterocycles. The van der Waals surface area contributed by atoms with Crippen molar-refractivity contribution in [3.63, 3.8) is 0 Å². The minimum Gasteiger partial charge on any atom is -0.309 e. The Hall–Kier alpha value is -2.85. The largest absolute Gasteiger partial charge is 0.309 e. The highest BCUT2D eigenvalue weighted by Crippen LogP contribution is 2.31. The van der Waals surface area contributed by atoms with Crippen molar-refractivity contribution in [2.45, 2.75) is 24.4 Å². The zero-order chi connectivity index (χ0) is 22.2. The molecule has 3 N–H and O–H groups in total. The molecule has 0 amide bonds. The Morgan fingerprint density at radius 2 is 1.81 bits per heavy atom. The number of fused-ring (bicyclic) bond motifs is 1. The van der Waals surface area contributed by atoms with Crippen LogP contribution < -0.4 is 10.7 Å². The molecule has 0 saturated carbocycles. The molecule has 2 aromatic carbocycles. The number of hydrogen-bond donors (Lipinski definition) is 2. The predicted octanol–water partition coefficient (Wildman–Crippen LogP) is 3.49. The predicted molar refractivity (Wildman–Crippen MR) is 123 cm³/mol. The maximum atomic E-state index is 12.6. The Kier molecular flexibility index (Phi) is 5.76. The summed E-state index contributed by atoms with van der Waals surface area (Å²) in [4.78, 5) is 24.0. The summed E-state index contributed by atoms with van der Waals surface area (Å²) in [7, 11) is -1.80. The number of primary sulfonamides is 1. The van der Waals surface area contributed by atoms with Crippen LogP contribution in [0.2, 0.25) is 0 Å². The van der Waals surface area contributed by atoms with Crippen molar-refractivity contribution in [2.24, 2.45) is 5.14 Å². The molecule has 0 radical (unpaired) electrons. The molecular formula is C22H22N4O3S2. The van der Waals surface area contributed by atoms with Crippen molar-refractivity contribution in [1.82, 2.24) is 14.9 Å². The molecule has 0 bridgehead atoms. The van der Waals surface area contributed by atoms with Gasteiger partial charge in [0.05, 0.1) is 16.8 Å². The van der Waals surface area contributed by atoms with E-state index in [1.807, 2.05) is 55.3 Å². The van der Waals surface area contributed by atoms with Gasteiger partial charge in [0.15, 0.2) is 0 Å². The summed E-state index contributed by atoms with van der Waals surface area (Å²) in [5.74, 6) is 0.578. The van der Waals surface area contributed by atoms with Crippen LogP contribution in [0.15, 0.2) is 70.4 Å². The number of benzene rings is 2. The second kappa shape index (κ2) is 8.35. The lowest BCUT2D eigenvalue weighted by Gasteiger charge is -2.24. The van der Waals surface area contributed by atoms with Gasteiger partial charge in [0.2, 0.25) is 10.0 Å². The van der Waals surface area contributed by atoms with Gasteiger partial charge in [-0.3, -0.25) is 9.69 Å². The lowest BCUT2D eigenvalue weighted by Crippen LogP contribution is -2.25. The van der Waals surface area contributed by atoms with Crippen LogP contribution in [0.1, 0.15) is 24.4 Å². The molecule has 0 spiro atoms. The number of hydrogen-bond acceptors (Lipinski definition) is 6. The fraction of sp³-hybridized carbons (Fsp3) is 0.182. The van der Waals surface area contributed by atoms with Gasteiger partial charge in [-0.1, -0.05) is 42.5 Å². The molecule has 1 atom stereocenters. The summed E-state index contributed by atoms with van der Waals surface area (Å²) in [6.07, 6.45) is 0. The smallest absolute Gasteiger partial charge is 0.259 e. The average molecular weight is 455 g/mol. The highest BCUT2D eigenvalue weighted by atomic mass is 32.2. The Bertz CT molecular complexity index is 1380. The lowest BCUT2D eigenvalue weighted by atomic mass is 10.1. The molecule has 7 nitrogen and oxygen atoms in total. The van der Waals surface area contributed by atoms with Crippen LogP contribution in [0.5, 0.6) is 0 Å². The number of H-pyrrole nitrogens is 1. The summed E-state index contributed by atoms with van der Waals surface area (Å²) in [5, 5.41) is 5.75. The van der Waals surface area contributed by atoms with Crippen molar-refractivity contribution in [3.05, 3.63) is 82.4 Å². The van der Waals surface area contributed by atoms with E-state index in [1.54, 1.807) is 12.1 Å². The van der Waals surface area contributed by atoms with Gasteiger partial charge in [0, 0.05) is 10.9 Å². The van der Waals surface area contributed by atoms with Crippen molar-refractivity contribution in [1.29, 1.82) is 0 Å². The monoisotopic (exact) mass is 454 g/mol. The highest BCUT2D eigenvalue weighted by molar-refractivity contribution is 7.89. The van der Waals surface area contributed by atoms with Gasteiger partial charge in [-0.2, -0.15) is 0 Å². The minimum absolute atomic E-state index is 0.0289. The molecule has 31 heavy (non-hydrogen) atoms. The Balaban J connectivity index is 1.57. The number of rotatable bonds is 6. The number of nitrogens with two attached hydrogens (primary N) is 1. The molecule has 4 aromatic rings. The number of sulfonamides is 1. The van der Waals surface area contributed by atoms with Gasteiger partial charge < -0.3 is 4.98 Å². The van der Waals surface area contributed by atoms with Gasteiger partial charge >= 0.3 is 0 Å². The summed E-state index contributed by atoms with van der Waals surface area (Å²) >= 11 is 1.50. The first-order valence-electron chi connectivity index (χ1n) is 9.63. The number of aromatic amines is 1. The fourth-order valence-corrected chi connectivity index (χ4v) is 4.93. The van der Waals surface area contributed by atoms with Crippen LogP contribution in [-0.4, -0.2) is 30.3 Å². The van der Waals surface area contributed by atoms with Crippen LogP contribution in [-0.2, 0) is 16.6 Å². The third-order valence-corrected chi connectivity index (χ3v) is 7.27. The number of thiophene rings is 1. The minimum atomic E-state index is -3.72. The molecular weight excluding hydrogens is 432 g/mol. The van der Waals surface area contributed by atoms with Gasteiger partial charge in [-0.05, 0) is 43.3 Å². The zero-order valence-corrected chi connectivity index (χ0v) is 18.7. The third kappa shape index (κ3) is 4.59. The van der Waals surface area contributed by atoms with Gasteiger partial charge in [0.25, 0.3) is 5.56 Å². The lowest BCUT2D eigenvalue weighted by molar-refractivity contribution is 0.247. The second-order valence-corrected chi connectivity index (χ2v) is 10.0. The van der Waals surface area contributed by atoms with E-state index >= 15 is 0 Å². The van der Waals surface area contributed by atoms with E-state index < -0.39 is 10.0 Å². The van der Waals surface area contributed by atoms with E-state index in [9.17, 15) is 13.2 Å². The quantitative estimate of drug-likeness (QED) is 0.463. The Morgan fingerprint density at radius 3 is 2.45 bits per heavy atom. The number of nitrogens with one attached hydrogen (secondary N) is 1. The SMILES string of the molecule is CC(c1ccc(S(N)(=O)=O)cc1)N(C)Cc1nc2sc(-c3ccccc3)cc2c(=O)[nH]1. The van der Waals surface area contributed by atoms with E-state index in [0.29, 0.717) is 22.6 Å². The summed E-state index contributed by atoms with van der Waals surface area (Å²) in [6, 6.07) is 18.2. The van der Waals surface area contributed by atoms with Crippen LogP contribution >= 0.6 is 11.3 Å². The van der Waals surface area contributed by atoms with E-state index in [-0.39, 0.29) is 16.5 Å². The summed E-state index contributed by atoms with van der Waals surface area (Å²) in [5.41, 5.74) is 1.83. The third-order valence-electron chi connectivity index (χ3n) is 5.26. The summed E-state index contributed by atoms with van der Waals surface area (Å²) < 4.78 is 22.9. The van der Waals surface area contributed by atoms with Crippen molar-refractivity contribution < 1.29 is 8.42 Å². The molecule has 0 fully saturated rings. The van der Waals surface area contributed by atoms with Crippen LogP contribution in [0.25, 0.3) is 20.7 Å². The van der Waals surface area contributed by atoms with Crippen LogP contribution in [0.4, 0.5) is 0 Å². The number of aromatic nitrogens is 2. The van der Waals surface area contributed by atoms with Gasteiger partial charge in [-0.25, -0.2) is 18.5 Å². The maximum absolute atomic E-state index is 12.6. The van der Waals surface area contributed by atoms with E-state index in [2.05, 4.69) is 9.97 Å².